The second-order valence-corrected chi connectivity index (χ2v) is 9.56. The number of benzene rings is 1. The number of carbonyl (C=O) groups excluding carboxylic acids is 2. The summed E-state index contributed by atoms with van der Waals surface area (Å²) in [6.07, 6.45) is 3.36. The fourth-order valence-electron chi connectivity index (χ4n) is 4.59. The Morgan fingerprint density at radius 1 is 1.16 bits per heavy atom. The molecule has 4 heterocycles. The van der Waals surface area contributed by atoms with Gasteiger partial charge in [-0.25, -0.2) is 9.78 Å². The topological polar surface area (TPSA) is 71.3 Å². The highest BCUT2D eigenvalue weighted by molar-refractivity contribution is 7.13. The van der Waals surface area contributed by atoms with Gasteiger partial charge in [-0.2, -0.15) is 9.78 Å². The molecule has 0 spiro atoms. The van der Waals surface area contributed by atoms with Crippen molar-refractivity contribution < 1.29 is 9.59 Å². The average Bonchev–Trinajstić information content (AvgIpc) is 3.52. The maximum atomic E-state index is 12.8. The van der Waals surface area contributed by atoms with E-state index >= 15 is 0 Å². The zero-order valence-electron chi connectivity index (χ0n) is 17.1. The van der Waals surface area contributed by atoms with Gasteiger partial charge in [-0.05, 0) is 35.6 Å². The molecule has 2 aromatic heterocycles. The lowest BCUT2D eigenvalue weighted by atomic mass is 10.0. The molecule has 2 fully saturated rings. The molecule has 31 heavy (non-hydrogen) atoms. The molecule has 0 radical (unpaired) electrons. The Labute approximate surface area is 189 Å². The maximum Gasteiger partial charge on any atom is 0.344 e. The number of ketones is 1. The summed E-state index contributed by atoms with van der Waals surface area (Å²) in [4.78, 5) is 32.9. The van der Waals surface area contributed by atoms with Crippen molar-refractivity contribution in [3.8, 4) is 10.6 Å². The van der Waals surface area contributed by atoms with E-state index in [0.717, 1.165) is 48.3 Å². The number of thiazole rings is 1. The van der Waals surface area contributed by atoms with Gasteiger partial charge >= 0.3 is 6.03 Å². The monoisotopic (exact) mass is 455 g/mol. The first-order valence-electron chi connectivity index (χ1n) is 10.2. The van der Waals surface area contributed by atoms with E-state index in [1.54, 1.807) is 29.8 Å². The molecule has 2 atom stereocenters. The SMILES string of the molecule is CC(=O)c1ccn(C(=O)N2C[C@H]3CN(Cc4ccc(Cl)c(-c5nccs5)c4)C[C@H]3C2)n1. The molecule has 3 aromatic rings. The number of aromatic nitrogens is 3. The summed E-state index contributed by atoms with van der Waals surface area (Å²) in [6, 6.07) is 7.59. The summed E-state index contributed by atoms with van der Waals surface area (Å²) in [5.74, 6) is 0.774. The quantitative estimate of drug-likeness (QED) is 0.558. The highest BCUT2D eigenvalue weighted by Crippen LogP contribution is 2.34. The Kier molecular flexibility index (Phi) is 5.37. The molecular weight excluding hydrogens is 434 g/mol. The summed E-state index contributed by atoms with van der Waals surface area (Å²) in [6.45, 7) is 5.67. The lowest BCUT2D eigenvalue weighted by molar-refractivity contribution is 0.101. The van der Waals surface area contributed by atoms with Crippen molar-refractivity contribution >= 4 is 34.8 Å². The lowest BCUT2D eigenvalue weighted by Crippen LogP contribution is -2.36. The molecule has 2 aliphatic heterocycles. The van der Waals surface area contributed by atoms with Crippen LogP contribution in [0.15, 0.2) is 42.0 Å². The normalized spacial score (nSPS) is 20.9. The highest BCUT2D eigenvalue weighted by Gasteiger charge is 2.42. The fourth-order valence-corrected chi connectivity index (χ4v) is 5.52. The second-order valence-electron chi connectivity index (χ2n) is 8.25. The van der Waals surface area contributed by atoms with Crippen LogP contribution in [0.1, 0.15) is 23.0 Å². The first-order valence-corrected chi connectivity index (χ1v) is 11.5. The third-order valence-corrected chi connectivity index (χ3v) is 7.21. The van der Waals surface area contributed by atoms with Crippen molar-refractivity contribution in [2.75, 3.05) is 26.2 Å². The molecule has 1 amide bonds. The van der Waals surface area contributed by atoms with Crippen LogP contribution in [0.25, 0.3) is 10.6 Å². The third kappa shape index (κ3) is 4.03. The summed E-state index contributed by atoms with van der Waals surface area (Å²) < 4.78 is 1.28. The number of hydrogen-bond acceptors (Lipinski definition) is 6. The van der Waals surface area contributed by atoms with Gasteiger partial charge in [-0.1, -0.05) is 17.7 Å². The number of fused-ring (bicyclic) bond motifs is 1. The Morgan fingerprint density at radius 2 is 1.94 bits per heavy atom. The molecule has 0 saturated carbocycles. The van der Waals surface area contributed by atoms with Gasteiger partial charge < -0.3 is 4.90 Å². The van der Waals surface area contributed by atoms with E-state index in [1.165, 1.54) is 17.2 Å². The first kappa shape index (κ1) is 20.4. The standard InChI is InChI=1S/C22H22ClN5O2S/c1-14(29)20-4-6-28(25-20)22(30)27-12-16-10-26(11-17(16)13-27)9-15-2-3-19(23)18(8-15)21-24-5-7-31-21/h2-8,16-17H,9-13H2,1H3/t16-,17+. The number of hydrogen-bond donors (Lipinski definition) is 0. The molecule has 1 aromatic carbocycles. The van der Waals surface area contributed by atoms with E-state index in [1.807, 2.05) is 16.3 Å². The van der Waals surface area contributed by atoms with Crippen LogP contribution in [0.5, 0.6) is 0 Å². The Bertz CT molecular complexity index is 1110. The van der Waals surface area contributed by atoms with E-state index in [9.17, 15) is 9.59 Å². The van der Waals surface area contributed by atoms with Crippen molar-refractivity contribution in [2.45, 2.75) is 13.5 Å². The Balaban J connectivity index is 1.21. The van der Waals surface area contributed by atoms with Gasteiger partial charge in [0, 0.05) is 63.0 Å². The van der Waals surface area contributed by atoms with Gasteiger partial charge in [0.25, 0.3) is 0 Å². The van der Waals surface area contributed by atoms with Gasteiger partial charge in [0.15, 0.2) is 5.78 Å². The van der Waals surface area contributed by atoms with Crippen LogP contribution >= 0.6 is 22.9 Å². The highest BCUT2D eigenvalue weighted by atomic mass is 35.5. The molecule has 0 bridgehead atoms. The predicted molar refractivity (Wildman–Crippen MR) is 119 cm³/mol. The molecule has 0 unspecified atom stereocenters. The van der Waals surface area contributed by atoms with Gasteiger partial charge in [-0.15, -0.1) is 11.3 Å². The third-order valence-electron chi connectivity index (χ3n) is 6.08. The fraction of sp³-hybridized carbons (Fsp3) is 0.364. The van der Waals surface area contributed by atoms with Gasteiger partial charge in [0.05, 0.1) is 5.02 Å². The van der Waals surface area contributed by atoms with E-state index in [0.29, 0.717) is 17.5 Å². The summed E-state index contributed by atoms with van der Waals surface area (Å²) in [5, 5.41) is 7.72. The predicted octanol–water partition coefficient (Wildman–Crippen LogP) is 3.89. The molecule has 160 valence electrons. The molecule has 0 aliphatic carbocycles. The van der Waals surface area contributed by atoms with E-state index < -0.39 is 0 Å². The van der Waals surface area contributed by atoms with Gasteiger partial charge in [0.1, 0.15) is 10.7 Å². The van der Waals surface area contributed by atoms with Crippen LogP contribution in [-0.4, -0.2) is 62.6 Å². The molecule has 2 aliphatic rings. The smallest absolute Gasteiger partial charge is 0.322 e. The minimum Gasteiger partial charge on any atom is -0.322 e. The van der Waals surface area contributed by atoms with Gasteiger partial charge in [0.2, 0.25) is 0 Å². The van der Waals surface area contributed by atoms with Crippen molar-refractivity contribution in [3.63, 3.8) is 0 Å². The molecule has 5 rings (SSSR count). The number of rotatable bonds is 4. The minimum absolute atomic E-state index is 0.138. The zero-order valence-corrected chi connectivity index (χ0v) is 18.6. The number of Topliss-reactive ketones (excluding diaryl/α,β-unsaturated/α-hetero) is 1. The molecule has 7 nitrogen and oxygen atoms in total. The minimum atomic E-state index is -0.153. The number of likely N-dealkylation sites (tertiary alicyclic amines) is 2. The summed E-state index contributed by atoms with van der Waals surface area (Å²) >= 11 is 7.97. The summed E-state index contributed by atoms with van der Waals surface area (Å²) in [7, 11) is 0. The second kappa shape index (κ2) is 8.18. The average molecular weight is 456 g/mol. The van der Waals surface area contributed by atoms with Crippen molar-refractivity contribution in [1.29, 1.82) is 0 Å². The molecular formula is C22H22ClN5O2S. The molecule has 2 saturated heterocycles. The van der Waals surface area contributed by atoms with E-state index in [-0.39, 0.29) is 11.8 Å². The van der Waals surface area contributed by atoms with Crippen LogP contribution in [-0.2, 0) is 6.54 Å². The number of nitrogens with zero attached hydrogens (tertiary/aromatic N) is 5. The zero-order chi connectivity index (χ0) is 21.5. The van der Waals surface area contributed by atoms with E-state index in [4.69, 9.17) is 11.6 Å². The van der Waals surface area contributed by atoms with Crippen molar-refractivity contribution in [2.24, 2.45) is 11.8 Å². The molecule has 9 heteroatoms. The van der Waals surface area contributed by atoms with Crippen LogP contribution in [0.3, 0.4) is 0 Å². The number of amides is 1. The number of carbonyl (C=O) groups is 2. The van der Waals surface area contributed by atoms with Crippen LogP contribution < -0.4 is 0 Å². The van der Waals surface area contributed by atoms with Crippen molar-refractivity contribution in [3.05, 3.63) is 58.3 Å². The number of halogens is 1. The largest absolute Gasteiger partial charge is 0.344 e. The Hall–Kier alpha value is -2.55. The van der Waals surface area contributed by atoms with Crippen LogP contribution in [0.2, 0.25) is 5.02 Å². The lowest BCUT2D eigenvalue weighted by Gasteiger charge is -2.21. The van der Waals surface area contributed by atoms with Crippen molar-refractivity contribution in [1.82, 2.24) is 24.6 Å². The van der Waals surface area contributed by atoms with Gasteiger partial charge in [-0.3, -0.25) is 9.69 Å². The Morgan fingerprint density at radius 3 is 2.58 bits per heavy atom. The first-order chi connectivity index (χ1) is 15.0. The molecule has 0 N–H and O–H groups in total. The maximum absolute atomic E-state index is 12.8. The summed E-state index contributed by atoms with van der Waals surface area (Å²) in [5.41, 5.74) is 2.52. The van der Waals surface area contributed by atoms with E-state index in [2.05, 4.69) is 27.1 Å². The van der Waals surface area contributed by atoms with Crippen LogP contribution in [0, 0.1) is 11.8 Å². The van der Waals surface area contributed by atoms with Crippen LogP contribution in [0.4, 0.5) is 4.79 Å².